The maximum Gasteiger partial charge on any atom is 0.148 e. The first-order valence-corrected chi connectivity index (χ1v) is 5.77. The average Bonchev–Trinajstić information content (AvgIpc) is 2.41. The number of anilines is 4. The lowest BCUT2D eigenvalue weighted by Crippen LogP contribution is -2.01. The van der Waals surface area contributed by atoms with Crippen molar-refractivity contribution in [2.24, 2.45) is 0 Å². The van der Waals surface area contributed by atoms with Crippen LogP contribution in [0.2, 0.25) is 0 Å². The van der Waals surface area contributed by atoms with Gasteiger partial charge in [-0.1, -0.05) is 12.7 Å². The molecule has 0 unspecified atom stereocenters. The minimum absolute atomic E-state index is 0.352. The van der Waals surface area contributed by atoms with Gasteiger partial charge in [0.1, 0.15) is 11.6 Å². The summed E-state index contributed by atoms with van der Waals surface area (Å²) in [6, 6.07) is 6.26. The maximum absolute atomic E-state index is 13.8. The van der Waals surface area contributed by atoms with E-state index in [0.29, 0.717) is 17.2 Å². The molecular formula is C14H15FN4. The summed E-state index contributed by atoms with van der Waals surface area (Å²) in [4.78, 5) is 4.17. The molecule has 0 bridgehead atoms. The van der Waals surface area contributed by atoms with Crippen molar-refractivity contribution in [1.82, 2.24) is 4.98 Å². The predicted molar refractivity (Wildman–Crippen MR) is 78.0 cm³/mol. The van der Waals surface area contributed by atoms with Crippen LogP contribution in [0.3, 0.4) is 0 Å². The summed E-state index contributed by atoms with van der Waals surface area (Å²) < 4.78 is 13.8. The van der Waals surface area contributed by atoms with Gasteiger partial charge in [-0.3, -0.25) is 0 Å². The summed E-state index contributed by atoms with van der Waals surface area (Å²) in [6.45, 7) is 3.74. The molecule has 1 aromatic heterocycles. The van der Waals surface area contributed by atoms with E-state index in [0.717, 1.165) is 11.3 Å². The standard InChI is InChI=1S/C14H15FN4/c1-3-10-12(6-7-18-14(10)17-2)19-13-5-4-9(16)8-11(13)15/h3-8H,1,16H2,2H3,(H2,17,18,19). The molecule has 0 spiro atoms. The zero-order chi connectivity index (χ0) is 13.8. The zero-order valence-electron chi connectivity index (χ0n) is 10.6. The molecule has 4 N–H and O–H groups in total. The van der Waals surface area contributed by atoms with Crippen molar-refractivity contribution < 1.29 is 4.39 Å². The molecule has 98 valence electrons. The Labute approximate surface area is 111 Å². The van der Waals surface area contributed by atoms with E-state index in [-0.39, 0.29) is 0 Å². The number of nitrogens with two attached hydrogens (primary N) is 1. The van der Waals surface area contributed by atoms with Crippen molar-refractivity contribution in [3.63, 3.8) is 0 Å². The number of hydrogen-bond donors (Lipinski definition) is 3. The van der Waals surface area contributed by atoms with Gasteiger partial charge in [-0.15, -0.1) is 0 Å². The van der Waals surface area contributed by atoms with Crippen LogP contribution in [0.5, 0.6) is 0 Å². The van der Waals surface area contributed by atoms with E-state index in [4.69, 9.17) is 5.73 Å². The lowest BCUT2D eigenvalue weighted by atomic mass is 10.2. The van der Waals surface area contributed by atoms with Gasteiger partial charge in [-0.25, -0.2) is 9.37 Å². The molecule has 0 atom stereocenters. The average molecular weight is 258 g/mol. The molecule has 0 radical (unpaired) electrons. The molecular weight excluding hydrogens is 243 g/mol. The first kappa shape index (κ1) is 12.9. The van der Waals surface area contributed by atoms with E-state index < -0.39 is 5.82 Å². The highest BCUT2D eigenvalue weighted by molar-refractivity contribution is 5.78. The van der Waals surface area contributed by atoms with Crippen LogP contribution in [0.1, 0.15) is 5.56 Å². The van der Waals surface area contributed by atoms with Crippen molar-refractivity contribution in [3.05, 3.63) is 48.4 Å². The molecule has 0 amide bonds. The van der Waals surface area contributed by atoms with Crippen LogP contribution in [-0.4, -0.2) is 12.0 Å². The molecule has 4 nitrogen and oxygen atoms in total. The molecule has 0 aliphatic carbocycles. The number of hydrogen-bond acceptors (Lipinski definition) is 4. The van der Waals surface area contributed by atoms with Gasteiger partial charge < -0.3 is 16.4 Å². The Balaban J connectivity index is 2.40. The molecule has 1 aromatic carbocycles. The van der Waals surface area contributed by atoms with Gasteiger partial charge in [-0.05, 0) is 24.3 Å². The second-order valence-electron chi connectivity index (χ2n) is 3.94. The number of benzene rings is 1. The molecule has 0 aliphatic rings. The van der Waals surface area contributed by atoms with E-state index >= 15 is 0 Å². The molecule has 0 fully saturated rings. The fourth-order valence-corrected chi connectivity index (χ4v) is 1.77. The van der Waals surface area contributed by atoms with Crippen LogP contribution < -0.4 is 16.4 Å². The summed E-state index contributed by atoms with van der Waals surface area (Å²) >= 11 is 0. The monoisotopic (exact) mass is 258 g/mol. The number of nitrogen functional groups attached to an aromatic ring is 1. The lowest BCUT2D eigenvalue weighted by molar-refractivity contribution is 0.632. The molecule has 0 saturated heterocycles. The number of nitrogens with zero attached hydrogens (tertiary/aromatic N) is 1. The number of pyridine rings is 1. The smallest absolute Gasteiger partial charge is 0.148 e. The fourth-order valence-electron chi connectivity index (χ4n) is 1.77. The SMILES string of the molecule is C=Cc1c(Nc2ccc(N)cc2F)ccnc1NC. The van der Waals surface area contributed by atoms with Crippen molar-refractivity contribution in [2.75, 3.05) is 23.4 Å². The van der Waals surface area contributed by atoms with Crippen LogP contribution in [0.4, 0.5) is 27.3 Å². The quantitative estimate of drug-likeness (QED) is 0.737. The molecule has 1 heterocycles. The highest BCUT2D eigenvalue weighted by Crippen LogP contribution is 2.28. The van der Waals surface area contributed by atoms with Crippen molar-refractivity contribution in [3.8, 4) is 0 Å². The Morgan fingerprint density at radius 1 is 1.32 bits per heavy atom. The summed E-state index contributed by atoms with van der Waals surface area (Å²) in [5.74, 6) is 0.272. The topological polar surface area (TPSA) is 63.0 Å². The fraction of sp³-hybridized carbons (Fsp3) is 0.0714. The van der Waals surface area contributed by atoms with Crippen LogP contribution >= 0.6 is 0 Å². The van der Waals surface area contributed by atoms with Gasteiger partial charge in [0.25, 0.3) is 0 Å². The van der Waals surface area contributed by atoms with Crippen LogP contribution in [0.25, 0.3) is 6.08 Å². The van der Waals surface area contributed by atoms with Gasteiger partial charge in [0.05, 0.1) is 11.4 Å². The van der Waals surface area contributed by atoms with Gasteiger partial charge in [0, 0.05) is 24.5 Å². The van der Waals surface area contributed by atoms with E-state index in [1.807, 2.05) is 0 Å². The molecule has 0 saturated carbocycles. The van der Waals surface area contributed by atoms with E-state index in [1.165, 1.54) is 6.07 Å². The van der Waals surface area contributed by atoms with Crippen LogP contribution in [0.15, 0.2) is 37.0 Å². The lowest BCUT2D eigenvalue weighted by Gasteiger charge is -2.13. The van der Waals surface area contributed by atoms with Gasteiger partial charge in [-0.2, -0.15) is 0 Å². The Morgan fingerprint density at radius 3 is 2.74 bits per heavy atom. The molecule has 0 aliphatic heterocycles. The Hall–Kier alpha value is -2.56. The normalized spacial score (nSPS) is 10.0. The highest BCUT2D eigenvalue weighted by atomic mass is 19.1. The Bertz CT molecular complexity index is 610. The first-order valence-electron chi connectivity index (χ1n) is 5.77. The molecule has 2 rings (SSSR count). The van der Waals surface area contributed by atoms with E-state index in [2.05, 4.69) is 22.2 Å². The van der Waals surface area contributed by atoms with Gasteiger partial charge >= 0.3 is 0 Å². The maximum atomic E-state index is 13.8. The zero-order valence-corrected chi connectivity index (χ0v) is 10.6. The first-order chi connectivity index (χ1) is 9.15. The van der Waals surface area contributed by atoms with Gasteiger partial charge in [0.15, 0.2) is 0 Å². The Kier molecular flexibility index (Phi) is 3.66. The third-order valence-electron chi connectivity index (χ3n) is 2.69. The number of aromatic nitrogens is 1. The highest BCUT2D eigenvalue weighted by Gasteiger charge is 2.08. The summed E-state index contributed by atoms with van der Waals surface area (Å²) in [7, 11) is 1.77. The van der Waals surface area contributed by atoms with E-state index in [1.54, 1.807) is 37.5 Å². The second kappa shape index (κ2) is 5.39. The molecule has 5 heteroatoms. The summed E-state index contributed by atoms with van der Waals surface area (Å²) in [6.07, 6.45) is 3.30. The number of rotatable bonds is 4. The van der Waals surface area contributed by atoms with E-state index in [9.17, 15) is 4.39 Å². The third kappa shape index (κ3) is 2.65. The summed E-state index contributed by atoms with van der Waals surface area (Å²) in [5.41, 5.74) is 7.76. The third-order valence-corrected chi connectivity index (χ3v) is 2.69. The number of halogens is 1. The molecule has 19 heavy (non-hydrogen) atoms. The van der Waals surface area contributed by atoms with Crippen molar-refractivity contribution >= 4 is 29.0 Å². The Morgan fingerprint density at radius 2 is 2.11 bits per heavy atom. The minimum Gasteiger partial charge on any atom is -0.399 e. The molecule has 2 aromatic rings. The minimum atomic E-state index is -0.405. The predicted octanol–water partition coefficient (Wildman–Crippen LogP) is 3.23. The number of nitrogens with one attached hydrogen (secondary N) is 2. The van der Waals surface area contributed by atoms with Crippen LogP contribution in [-0.2, 0) is 0 Å². The van der Waals surface area contributed by atoms with Crippen LogP contribution in [0, 0.1) is 5.82 Å². The van der Waals surface area contributed by atoms with Crippen molar-refractivity contribution in [2.45, 2.75) is 0 Å². The van der Waals surface area contributed by atoms with Gasteiger partial charge in [0.2, 0.25) is 0 Å². The van der Waals surface area contributed by atoms with Crippen molar-refractivity contribution in [1.29, 1.82) is 0 Å². The second-order valence-corrected chi connectivity index (χ2v) is 3.94. The largest absolute Gasteiger partial charge is 0.399 e. The summed E-state index contributed by atoms with van der Waals surface area (Å²) in [5, 5.41) is 5.97.